The summed E-state index contributed by atoms with van der Waals surface area (Å²) in [7, 11) is 5.03. The normalized spacial score (nSPS) is 12.0. The lowest BCUT2D eigenvalue weighted by molar-refractivity contribution is -0.143. The molecule has 11 heteroatoms. The van der Waals surface area contributed by atoms with Gasteiger partial charge < -0.3 is 24.3 Å². The van der Waals surface area contributed by atoms with Gasteiger partial charge in [-0.15, -0.1) is 0 Å². The summed E-state index contributed by atoms with van der Waals surface area (Å²) in [6.45, 7) is 0. The third-order valence-electron chi connectivity index (χ3n) is 6.54. The molecule has 0 saturated heterocycles. The molecular weight excluding hydrogens is 542 g/mol. The maximum Gasteiger partial charge on any atom is 0.359 e. The second-order valence-electron chi connectivity index (χ2n) is 8.92. The van der Waals surface area contributed by atoms with Gasteiger partial charge in [0.2, 0.25) is 0 Å². The number of rotatable bonds is 10. The average molecular weight is 572 g/mol. The molecule has 1 aromatic heterocycles. The number of carbonyl (C=O) groups is 4. The van der Waals surface area contributed by atoms with E-state index in [2.05, 4.69) is 10.4 Å². The van der Waals surface area contributed by atoms with Gasteiger partial charge in [0.05, 0.1) is 34.1 Å². The van der Waals surface area contributed by atoms with Crippen LogP contribution in [0.5, 0.6) is 5.75 Å². The third-order valence-corrected chi connectivity index (χ3v) is 6.54. The topological polar surface area (TPSA) is 135 Å². The summed E-state index contributed by atoms with van der Waals surface area (Å²) in [6.07, 6.45) is 0. The predicted molar refractivity (Wildman–Crippen MR) is 151 cm³/mol. The fraction of sp³-hybridized carbons (Fsp3) is 0.194. The molecule has 4 aromatic rings. The Morgan fingerprint density at radius 3 is 1.88 bits per heavy atom. The molecule has 4 rings (SSSR count). The molecule has 0 radical (unpaired) electrons. The molecule has 2 atom stereocenters. The number of hydrogen-bond acceptors (Lipinski definition) is 9. The molecule has 0 aliphatic heterocycles. The minimum absolute atomic E-state index is 0.140. The number of hydrogen-bond donors (Lipinski definition) is 1. The van der Waals surface area contributed by atoms with Crippen LogP contribution < -0.4 is 10.1 Å². The van der Waals surface area contributed by atoms with E-state index < -0.39 is 35.9 Å². The number of nitrogens with zero attached hydrogens (tertiary/aromatic N) is 2. The van der Waals surface area contributed by atoms with Crippen LogP contribution in [0.2, 0.25) is 0 Å². The summed E-state index contributed by atoms with van der Waals surface area (Å²) in [5.41, 5.74) is 0.882. The van der Waals surface area contributed by atoms with Crippen LogP contribution in [-0.4, -0.2) is 68.1 Å². The van der Waals surface area contributed by atoms with Crippen LogP contribution in [0.1, 0.15) is 42.8 Å². The van der Waals surface area contributed by atoms with Crippen LogP contribution in [-0.2, 0) is 19.0 Å². The van der Waals surface area contributed by atoms with Gasteiger partial charge in [-0.05, 0) is 42.0 Å². The van der Waals surface area contributed by atoms with Crippen molar-refractivity contribution >= 4 is 23.8 Å². The van der Waals surface area contributed by atoms with Gasteiger partial charge in [-0.3, -0.25) is 9.48 Å². The van der Waals surface area contributed by atoms with Crippen molar-refractivity contribution in [1.82, 2.24) is 15.1 Å². The van der Waals surface area contributed by atoms with Gasteiger partial charge in [0, 0.05) is 11.1 Å². The monoisotopic (exact) mass is 571 g/mol. The third kappa shape index (κ3) is 5.99. The van der Waals surface area contributed by atoms with Gasteiger partial charge in [0.1, 0.15) is 17.4 Å². The molecule has 0 unspecified atom stereocenters. The summed E-state index contributed by atoms with van der Waals surface area (Å²) in [4.78, 5) is 52.9. The van der Waals surface area contributed by atoms with E-state index >= 15 is 0 Å². The molecule has 1 amide bonds. The smallest absolute Gasteiger partial charge is 0.359 e. The van der Waals surface area contributed by atoms with Gasteiger partial charge in [0.25, 0.3) is 5.91 Å². The molecule has 0 saturated carbocycles. The molecule has 216 valence electrons. The van der Waals surface area contributed by atoms with Crippen LogP contribution in [0, 0.1) is 0 Å². The summed E-state index contributed by atoms with van der Waals surface area (Å²) in [5, 5.41) is 7.28. The Bertz CT molecular complexity index is 1570. The minimum atomic E-state index is -1.36. The summed E-state index contributed by atoms with van der Waals surface area (Å²) in [5.74, 6) is -2.56. The zero-order chi connectivity index (χ0) is 30.2. The number of benzene rings is 3. The maximum absolute atomic E-state index is 13.4. The lowest BCUT2D eigenvalue weighted by atomic mass is 9.97. The molecule has 3 aromatic carbocycles. The van der Waals surface area contributed by atoms with Crippen LogP contribution >= 0.6 is 0 Å². The fourth-order valence-corrected chi connectivity index (χ4v) is 4.53. The fourth-order valence-electron chi connectivity index (χ4n) is 4.53. The second-order valence-corrected chi connectivity index (χ2v) is 8.92. The Morgan fingerprint density at radius 2 is 1.33 bits per heavy atom. The van der Waals surface area contributed by atoms with Crippen molar-refractivity contribution in [2.45, 2.75) is 12.1 Å². The number of nitrogens with one attached hydrogen (secondary N) is 1. The van der Waals surface area contributed by atoms with Crippen molar-refractivity contribution in [3.63, 3.8) is 0 Å². The maximum atomic E-state index is 13.4. The number of amides is 1. The van der Waals surface area contributed by atoms with Crippen molar-refractivity contribution in [2.24, 2.45) is 0 Å². The zero-order valence-corrected chi connectivity index (χ0v) is 23.4. The van der Waals surface area contributed by atoms with Crippen molar-refractivity contribution in [1.29, 1.82) is 0 Å². The van der Waals surface area contributed by atoms with E-state index in [0.29, 0.717) is 22.4 Å². The Kier molecular flexibility index (Phi) is 9.33. The Hall–Kier alpha value is -5.45. The first-order valence-electron chi connectivity index (χ1n) is 12.8. The molecule has 0 spiro atoms. The van der Waals surface area contributed by atoms with E-state index in [9.17, 15) is 19.2 Å². The summed E-state index contributed by atoms with van der Waals surface area (Å²) >= 11 is 0. The predicted octanol–water partition coefficient (Wildman–Crippen LogP) is 3.69. The molecule has 42 heavy (non-hydrogen) atoms. The standard InChI is InChI=1S/C31H29N3O8/c1-39-22-17-15-20(16-18-22)26-23(29(36)40-2)24(30(37)41-3)33-34(26)27(19-11-7-5-8-12-19)25(31(38)42-4)32-28(35)21-13-9-6-10-14-21/h5-18,25,27H,1-4H3,(H,32,35)/t25-,27-/m0/s1. The van der Waals surface area contributed by atoms with Crippen LogP contribution in [0.25, 0.3) is 11.3 Å². The Balaban J connectivity index is 2.04. The highest BCUT2D eigenvalue weighted by Gasteiger charge is 2.39. The van der Waals surface area contributed by atoms with Gasteiger partial charge in [-0.2, -0.15) is 5.10 Å². The first-order valence-corrected chi connectivity index (χ1v) is 12.8. The molecule has 1 N–H and O–H groups in total. The highest BCUT2D eigenvalue weighted by atomic mass is 16.5. The van der Waals surface area contributed by atoms with Gasteiger partial charge in [-0.25, -0.2) is 14.4 Å². The minimum Gasteiger partial charge on any atom is -0.497 e. The van der Waals surface area contributed by atoms with Crippen molar-refractivity contribution in [2.75, 3.05) is 28.4 Å². The summed E-state index contributed by atoms with van der Waals surface area (Å²) in [6, 6.07) is 21.3. The largest absolute Gasteiger partial charge is 0.497 e. The number of methoxy groups -OCH3 is 4. The van der Waals surface area contributed by atoms with Crippen LogP contribution in [0.4, 0.5) is 0 Å². The molecule has 0 bridgehead atoms. The van der Waals surface area contributed by atoms with Crippen LogP contribution in [0.15, 0.2) is 84.9 Å². The molecule has 1 heterocycles. The second kappa shape index (κ2) is 13.3. The van der Waals surface area contributed by atoms with Crippen molar-refractivity contribution in [3.05, 3.63) is 107 Å². The SMILES string of the molecule is COC(=O)c1nn([C@@H](c2ccccc2)[C@H](NC(=O)c2ccccc2)C(=O)OC)c(-c2ccc(OC)cc2)c1C(=O)OC. The molecule has 0 aliphatic rings. The summed E-state index contributed by atoms with van der Waals surface area (Å²) < 4.78 is 21.7. The van der Waals surface area contributed by atoms with Crippen LogP contribution in [0.3, 0.4) is 0 Å². The van der Waals surface area contributed by atoms with Crippen molar-refractivity contribution in [3.8, 4) is 17.0 Å². The molecule has 11 nitrogen and oxygen atoms in total. The lowest BCUT2D eigenvalue weighted by Gasteiger charge is -2.28. The van der Waals surface area contributed by atoms with Gasteiger partial charge >= 0.3 is 17.9 Å². The van der Waals surface area contributed by atoms with E-state index in [1.807, 2.05) is 0 Å². The Morgan fingerprint density at radius 1 is 0.738 bits per heavy atom. The van der Waals surface area contributed by atoms with Gasteiger partial charge in [-0.1, -0.05) is 48.5 Å². The highest BCUT2D eigenvalue weighted by molar-refractivity contribution is 6.06. The average Bonchev–Trinajstić information content (AvgIpc) is 3.44. The van der Waals surface area contributed by atoms with E-state index in [0.717, 1.165) is 7.11 Å². The van der Waals surface area contributed by atoms with Gasteiger partial charge in [0.15, 0.2) is 11.7 Å². The van der Waals surface area contributed by atoms with E-state index in [1.54, 1.807) is 84.9 Å². The molecular formula is C31H29N3O8. The highest BCUT2D eigenvalue weighted by Crippen LogP contribution is 2.35. The van der Waals surface area contributed by atoms with E-state index in [4.69, 9.17) is 18.9 Å². The number of aromatic nitrogens is 2. The number of esters is 3. The molecule has 0 aliphatic carbocycles. The zero-order valence-electron chi connectivity index (χ0n) is 23.4. The lowest BCUT2D eigenvalue weighted by Crippen LogP contribution is -2.48. The number of carbonyl (C=O) groups excluding carboxylic acids is 4. The first-order chi connectivity index (χ1) is 20.3. The Labute approximate surface area is 242 Å². The van der Waals surface area contributed by atoms with E-state index in [1.165, 1.54) is 26.0 Å². The quantitative estimate of drug-likeness (QED) is 0.223. The van der Waals surface area contributed by atoms with E-state index in [-0.39, 0.29) is 17.0 Å². The van der Waals surface area contributed by atoms with Crippen molar-refractivity contribution < 1.29 is 38.1 Å². The molecule has 0 fully saturated rings. The first kappa shape index (κ1) is 29.5. The number of ether oxygens (including phenoxy) is 4.